The number of hydrogen-bond donors (Lipinski definition) is 0. The van der Waals surface area contributed by atoms with Gasteiger partial charge in [0, 0.05) is 0 Å². The summed E-state index contributed by atoms with van der Waals surface area (Å²) >= 11 is 0. The molecule has 0 unspecified atom stereocenters. The molecule has 0 fully saturated rings. The minimum atomic E-state index is -1.42. The van der Waals surface area contributed by atoms with E-state index in [0.717, 1.165) is 0 Å². The van der Waals surface area contributed by atoms with Crippen molar-refractivity contribution in [1.82, 2.24) is 0 Å². The molecule has 0 bridgehead atoms. The van der Waals surface area contributed by atoms with Crippen molar-refractivity contribution in [3.63, 3.8) is 0 Å². The first-order chi connectivity index (χ1) is 1.41. The predicted octanol–water partition coefficient (Wildman–Crippen LogP) is -0.740. The molecule has 0 rings (SSSR count). The van der Waals surface area contributed by atoms with E-state index < -0.39 is 9.29 Å². The first-order valence-corrected chi connectivity index (χ1v) is 1.22. The summed E-state index contributed by atoms with van der Waals surface area (Å²) in [6, 6.07) is 0. The van der Waals surface area contributed by atoms with Gasteiger partial charge < -0.3 is 5.48 Å². The Morgan fingerprint density at radius 1 is 1.20 bits per heavy atom. The first kappa shape index (κ1) is 18.1. The molecule has 0 saturated carbocycles. The Morgan fingerprint density at radius 3 is 1.20 bits per heavy atom. The molecule has 0 amide bonds. The summed E-state index contributed by atoms with van der Waals surface area (Å²) in [6.45, 7) is 0. The Labute approximate surface area is 43.8 Å². The van der Waals surface area contributed by atoms with Gasteiger partial charge in [0.2, 0.25) is 0 Å². The van der Waals surface area contributed by atoms with Gasteiger partial charge in [0.25, 0.3) is 0 Å². The third-order valence-electron chi connectivity index (χ3n) is 0. The maximum atomic E-state index is 8.40. The molecule has 0 aliphatic rings. The second kappa shape index (κ2) is 25.9. The SMILES string of the molecule is O=[Si]=O.[O-2].[Zn+2]. The van der Waals surface area contributed by atoms with Crippen LogP contribution in [0.2, 0.25) is 0 Å². The van der Waals surface area contributed by atoms with Gasteiger partial charge in [-0.2, -0.15) is 0 Å². The van der Waals surface area contributed by atoms with Crippen LogP contribution in [0, 0.1) is 0 Å². The topological polar surface area (TPSA) is 62.6 Å². The molecular weight excluding hydrogens is 141 g/mol. The van der Waals surface area contributed by atoms with Gasteiger partial charge in [0.15, 0.2) is 0 Å². The average Bonchev–Trinajstić information content (AvgIpc) is 0.918. The van der Waals surface area contributed by atoms with E-state index in [1.54, 1.807) is 0 Å². The summed E-state index contributed by atoms with van der Waals surface area (Å²) in [5, 5.41) is 0. The van der Waals surface area contributed by atoms with Crippen LogP contribution in [0.5, 0.6) is 0 Å². The molecule has 0 aliphatic carbocycles. The van der Waals surface area contributed by atoms with E-state index in [9.17, 15) is 0 Å². The van der Waals surface area contributed by atoms with Gasteiger partial charge in [-0.25, -0.2) is 0 Å². The Hall–Kier alpha value is 0.400. The average molecular weight is 141 g/mol. The van der Waals surface area contributed by atoms with E-state index in [4.69, 9.17) is 8.92 Å². The van der Waals surface area contributed by atoms with Crippen molar-refractivity contribution in [3.8, 4) is 0 Å². The van der Waals surface area contributed by atoms with Crippen molar-refractivity contribution in [1.29, 1.82) is 0 Å². The maximum absolute atomic E-state index is 8.40. The molecule has 0 aromatic carbocycles. The van der Waals surface area contributed by atoms with Gasteiger partial charge in [0.05, 0.1) is 0 Å². The zero-order chi connectivity index (χ0) is 2.71. The molecule has 0 saturated heterocycles. The van der Waals surface area contributed by atoms with Crippen LogP contribution in [0.4, 0.5) is 0 Å². The molecule has 5 heteroatoms. The molecule has 24 valence electrons. The standard InChI is InChI=1S/O2Si.O.Zn/c1-3-2;;/q;-2;+2. The summed E-state index contributed by atoms with van der Waals surface area (Å²) in [5.74, 6) is 0. The van der Waals surface area contributed by atoms with E-state index in [0.29, 0.717) is 0 Å². The van der Waals surface area contributed by atoms with Gasteiger partial charge in [-0.05, 0) is 0 Å². The maximum Gasteiger partial charge on any atom is 2.00 e. The zero-order valence-electron chi connectivity index (χ0n) is 2.43. The van der Waals surface area contributed by atoms with E-state index in [-0.39, 0.29) is 25.0 Å². The molecule has 0 aliphatic heterocycles. The molecule has 5 heavy (non-hydrogen) atoms. The van der Waals surface area contributed by atoms with Crippen LogP contribution in [0.1, 0.15) is 0 Å². The first-order valence-electron chi connectivity index (χ1n) is 0.408. The van der Waals surface area contributed by atoms with Crippen LogP contribution in [-0.2, 0) is 33.9 Å². The molecule has 0 N–H and O–H groups in total. The van der Waals surface area contributed by atoms with Crippen LogP contribution in [0.3, 0.4) is 0 Å². The molecule has 0 radical (unpaired) electrons. The van der Waals surface area contributed by atoms with Crippen molar-refractivity contribution in [3.05, 3.63) is 0 Å². The van der Waals surface area contributed by atoms with Crippen LogP contribution in [0.15, 0.2) is 0 Å². The van der Waals surface area contributed by atoms with E-state index in [2.05, 4.69) is 0 Å². The fraction of sp³-hybridized carbons (Fsp3) is 0. The molecule has 0 aromatic rings. The van der Waals surface area contributed by atoms with Gasteiger partial charge in [-0.15, -0.1) is 0 Å². The largest absolute Gasteiger partial charge is 2.00 e. The fourth-order valence-corrected chi connectivity index (χ4v) is 0. The Balaban J connectivity index is -0.0000000200. The van der Waals surface area contributed by atoms with Gasteiger partial charge in [0.1, 0.15) is 0 Å². The Morgan fingerprint density at radius 2 is 1.20 bits per heavy atom. The van der Waals surface area contributed by atoms with Crippen molar-refractivity contribution in [2.75, 3.05) is 0 Å². The second-order valence-corrected chi connectivity index (χ2v) is 0.250. The monoisotopic (exact) mass is 140 g/mol. The van der Waals surface area contributed by atoms with Crippen molar-refractivity contribution in [2.24, 2.45) is 0 Å². The predicted molar refractivity (Wildman–Crippen MR) is 7.81 cm³/mol. The minimum absolute atomic E-state index is 0. The Bertz CT molecular complexity index is 27.9. The van der Waals surface area contributed by atoms with Crippen LogP contribution in [0.25, 0.3) is 0 Å². The molecule has 0 heterocycles. The van der Waals surface area contributed by atoms with E-state index >= 15 is 0 Å². The molecule has 0 aromatic heterocycles. The summed E-state index contributed by atoms with van der Waals surface area (Å²) in [5.41, 5.74) is 0. The van der Waals surface area contributed by atoms with Gasteiger partial charge in [-0.1, -0.05) is 0 Å². The summed E-state index contributed by atoms with van der Waals surface area (Å²) in [4.78, 5) is 0. The van der Waals surface area contributed by atoms with Gasteiger partial charge in [-0.3, -0.25) is 8.92 Å². The van der Waals surface area contributed by atoms with Crippen molar-refractivity contribution < 1.29 is 33.9 Å². The smallest absolute Gasteiger partial charge is 2.00 e. The van der Waals surface area contributed by atoms with Crippen molar-refractivity contribution in [2.45, 2.75) is 0 Å². The quantitative estimate of drug-likeness (QED) is 0.417. The van der Waals surface area contributed by atoms with E-state index in [1.807, 2.05) is 0 Å². The summed E-state index contributed by atoms with van der Waals surface area (Å²) < 4.78 is 16.8. The third kappa shape index (κ3) is 158. The molecule has 0 spiro atoms. The minimum Gasteiger partial charge on any atom is -2.00 e. The van der Waals surface area contributed by atoms with Crippen molar-refractivity contribution >= 4 is 9.29 Å². The molecule has 3 nitrogen and oxygen atoms in total. The van der Waals surface area contributed by atoms with E-state index in [1.165, 1.54) is 0 Å². The van der Waals surface area contributed by atoms with Crippen LogP contribution in [-0.4, -0.2) is 9.29 Å². The van der Waals surface area contributed by atoms with Crippen LogP contribution >= 0.6 is 0 Å². The Kier molecular flexibility index (Phi) is 94.2. The summed E-state index contributed by atoms with van der Waals surface area (Å²) in [6.07, 6.45) is 0. The van der Waals surface area contributed by atoms with Gasteiger partial charge >= 0.3 is 28.8 Å². The number of hydrogen-bond acceptors (Lipinski definition) is 2. The molecule has 0 atom stereocenters. The third-order valence-corrected chi connectivity index (χ3v) is 0. The molecular formula is O3SiZn. The fourth-order valence-electron chi connectivity index (χ4n) is 0. The second-order valence-electron chi connectivity index (χ2n) is 0.0833. The normalized spacial score (nSPS) is 1.60. The van der Waals surface area contributed by atoms with Crippen LogP contribution < -0.4 is 0 Å². The summed E-state index contributed by atoms with van der Waals surface area (Å²) in [7, 11) is -1.42. The number of rotatable bonds is 0. The zero-order valence-corrected chi connectivity index (χ0v) is 6.40.